The second-order valence-electron chi connectivity index (χ2n) is 6.79. The highest BCUT2D eigenvalue weighted by atomic mass is 127. The van der Waals surface area contributed by atoms with Crippen LogP contribution in [-0.4, -0.2) is 22.1 Å². The molecule has 116 valence electrons. The molecule has 2 heterocycles. The van der Waals surface area contributed by atoms with Crippen molar-refractivity contribution in [1.29, 1.82) is 0 Å². The Labute approximate surface area is 149 Å². The Hall–Kier alpha value is 0.350. The zero-order valence-corrected chi connectivity index (χ0v) is 16.5. The first-order chi connectivity index (χ1) is 9.87. The minimum atomic E-state index is -0.154. The smallest absolute Gasteiger partial charge is 0.0936 e. The molecule has 0 spiro atoms. The molecule has 3 rings (SSSR count). The van der Waals surface area contributed by atoms with Gasteiger partial charge >= 0.3 is 0 Å². The SMILES string of the molecule is CC(C)[C@@]12C[C@H](OCc3ccccc3I)[C@@](C)(C[C@H]1Br)O2. The number of halogens is 2. The molecule has 2 aliphatic heterocycles. The van der Waals surface area contributed by atoms with Gasteiger partial charge in [0.15, 0.2) is 0 Å². The lowest BCUT2D eigenvalue weighted by Crippen LogP contribution is -2.44. The highest BCUT2D eigenvalue weighted by Crippen LogP contribution is 2.57. The van der Waals surface area contributed by atoms with Crippen molar-refractivity contribution in [1.82, 2.24) is 0 Å². The largest absolute Gasteiger partial charge is 0.370 e. The van der Waals surface area contributed by atoms with Gasteiger partial charge in [-0.15, -0.1) is 0 Å². The zero-order valence-electron chi connectivity index (χ0n) is 12.7. The van der Waals surface area contributed by atoms with Crippen molar-refractivity contribution in [3.63, 3.8) is 0 Å². The summed E-state index contributed by atoms with van der Waals surface area (Å²) in [5.41, 5.74) is 1.04. The van der Waals surface area contributed by atoms with Gasteiger partial charge in [-0.25, -0.2) is 0 Å². The highest BCUT2D eigenvalue weighted by Gasteiger charge is 2.65. The fraction of sp³-hybridized carbons (Fsp3) is 0.647. The predicted octanol–water partition coefficient (Wildman–Crippen LogP) is 4.92. The van der Waals surface area contributed by atoms with Gasteiger partial charge in [0.1, 0.15) is 0 Å². The van der Waals surface area contributed by atoms with Crippen LogP contribution in [0.5, 0.6) is 0 Å². The number of fused-ring (bicyclic) bond motifs is 2. The Morgan fingerprint density at radius 3 is 2.71 bits per heavy atom. The molecule has 0 unspecified atom stereocenters. The van der Waals surface area contributed by atoms with Crippen molar-refractivity contribution in [2.24, 2.45) is 5.92 Å². The summed E-state index contributed by atoms with van der Waals surface area (Å²) in [6.07, 6.45) is 2.20. The molecule has 1 aromatic carbocycles. The molecule has 0 radical (unpaired) electrons. The summed E-state index contributed by atoms with van der Waals surface area (Å²) in [7, 11) is 0. The molecule has 0 N–H and O–H groups in total. The third kappa shape index (κ3) is 2.70. The Balaban J connectivity index is 1.73. The molecule has 0 amide bonds. The molecule has 0 aliphatic carbocycles. The molecule has 1 aromatic rings. The standard InChI is InChI=1S/C17H22BrIO2/c1-11(2)17-9-15(16(3,21-17)8-14(17)18)20-10-12-6-4-5-7-13(12)19/h4-7,11,14-15H,8-10H2,1-3H3/t14-,15+,16-,17+/m1/s1. The van der Waals surface area contributed by atoms with E-state index in [1.807, 2.05) is 0 Å². The summed E-state index contributed by atoms with van der Waals surface area (Å²) in [6, 6.07) is 8.41. The molecule has 4 heteroatoms. The van der Waals surface area contributed by atoms with E-state index < -0.39 is 0 Å². The summed E-state index contributed by atoms with van der Waals surface area (Å²) in [6.45, 7) is 7.38. The van der Waals surface area contributed by atoms with Gasteiger partial charge in [-0.1, -0.05) is 48.0 Å². The van der Waals surface area contributed by atoms with E-state index in [1.165, 1.54) is 9.13 Å². The summed E-state index contributed by atoms with van der Waals surface area (Å²) in [5, 5.41) is 0. The van der Waals surface area contributed by atoms with Crippen LogP contribution in [0.1, 0.15) is 39.2 Å². The lowest BCUT2D eigenvalue weighted by atomic mass is 9.75. The maximum absolute atomic E-state index is 6.48. The van der Waals surface area contributed by atoms with Crippen LogP contribution in [-0.2, 0) is 16.1 Å². The normalized spacial score (nSPS) is 38.4. The maximum Gasteiger partial charge on any atom is 0.0936 e. The second kappa shape index (κ2) is 5.77. The predicted molar refractivity (Wildman–Crippen MR) is 96.7 cm³/mol. The Bertz CT molecular complexity index is 535. The van der Waals surface area contributed by atoms with E-state index in [-0.39, 0.29) is 17.3 Å². The van der Waals surface area contributed by atoms with Crippen LogP contribution >= 0.6 is 38.5 Å². The summed E-state index contributed by atoms with van der Waals surface area (Å²) >= 11 is 6.21. The van der Waals surface area contributed by atoms with Crippen LogP contribution in [0.2, 0.25) is 0 Å². The summed E-state index contributed by atoms with van der Waals surface area (Å²) < 4.78 is 14.0. The molecular weight excluding hydrogens is 443 g/mol. The van der Waals surface area contributed by atoms with E-state index in [0.29, 0.717) is 17.4 Å². The highest BCUT2D eigenvalue weighted by molar-refractivity contribution is 14.1. The Morgan fingerprint density at radius 1 is 1.38 bits per heavy atom. The molecule has 0 aromatic heterocycles. The molecule has 21 heavy (non-hydrogen) atoms. The van der Waals surface area contributed by atoms with Crippen LogP contribution in [0.4, 0.5) is 0 Å². The first-order valence-corrected chi connectivity index (χ1v) is 9.56. The number of ether oxygens (including phenoxy) is 2. The van der Waals surface area contributed by atoms with Crippen molar-refractivity contribution in [3.05, 3.63) is 33.4 Å². The average molecular weight is 465 g/mol. The summed E-state index contributed by atoms with van der Waals surface area (Å²) in [4.78, 5) is 0.437. The number of benzene rings is 1. The van der Waals surface area contributed by atoms with Crippen LogP contribution < -0.4 is 0 Å². The molecule has 2 bridgehead atoms. The number of rotatable bonds is 4. The van der Waals surface area contributed by atoms with Crippen molar-refractivity contribution in [3.8, 4) is 0 Å². The molecule has 4 atom stereocenters. The van der Waals surface area contributed by atoms with Crippen LogP contribution in [0.3, 0.4) is 0 Å². The fourth-order valence-corrected chi connectivity index (χ4v) is 5.69. The van der Waals surface area contributed by atoms with Gasteiger partial charge in [0, 0.05) is 14.8 Å². The molecule has 2 aliphatic rings. The van der Waals surface area contributed by atoms with E-state index in [1.54, 1.807) is 0 Å². The molecule has 2 nitrogen and oxygen atoms in total. The van der Waals surface area contributed by atoms with Crippen molar-refractivity contribution in [2.75, 3.05) is 0 Å². The quantitative estimate of drug-likeness (QED) is 0.465. The van der Waals surface area contributed by atoms with E-state index in [2.05, 4.69) is 83.6 Å². The fourth-order valence-electron chi connectivity index (χ4n) is 3.70. The van der Waals surface area contributed by atoms with Crippen molar-refractivity contribution >= 4 is 38.5 Å². The number of hydrogen-bond donors (Lipinski definition) is 0. The van der Waals surface area contributed by atoms with Crippen LogP contribution in [0, 0.1) is 9.49 Å². The van der Waals surface area contributed by atoms with Crippen LogP contribution in [0.15, 0.2) is 24.3 Å². The average Bonchev–Trinajstić information content (AvgIpc) is 2.86. The van der Waals surface area contributed by atoms with Gasteiger partial charge in [-0.2, -0.15) is 0 Å². The summed E-state index contributed by atoms with van der Waals surface area (Å²) in [5.74, 6) is 0.495. The van der Waals surface area contributed by atoms with Gasteiger partial charge in [0.2, 0.25) is 0 Å². The minimum absolute atomic E-state index is 0.0662. The number of hydrogen-bond acceptors (Lipinski definition) is 2. The third-order valence-electron chi connectivity index (χ3n) is 5.10. The Morgan fingerprint density at radius 2 is 2.10 bits per heavy atom. The van der Waals surface area contributed by atoms with Crippen LogP contribution in [0.25, 0.3) is 0 Å². The van der Waals surface area contributed by atoms with E-state index in [0.717, 1.165) is 12.8 Å². The van der Waals surface area contributed by atoms with Gasteiger partial charge < -0.3 is 9.47 Å². The number of alkyl halides is 1. The van der Waals surface area contributed by atoms with E-state index in [9.17, 15) is 0 Å². The van der Waals surface area contributed by atoms with Gasteiger partial charge in [0.05, 0.1) is 23.9 Å². The topological polar surface area (TPSA) is 18.5 Å². The maximum atomic E-state index is 6.48. The first kappa shape index (κ1) is 16.2. The van der Waals surface area contributed by atoms with Gasteiger partial charge in [-0.05, 0) is 53.5 Å². The molecular formula is C17H22BrIO2. The molecule has 2 saturated heterocycles. The van der Waals surface area contributed by atoms with Crippen molar-refractivity contribution < 1.29 is 9.47 Å². The second-order valence-corrected chi connectivity index (χ2v) is 9.06. The monoisotopic (exact) mass is 464 g/mol. The Kier molecular flexibility index (Phi) is 4.45. The first-order valence-electron chi connectivity index (χ1n) is 7.57. The van der Waals surface area contributed by atoms with Gasteiger partial charge in [-0.3, -0.25) is 0 Å². The van der Waals surface area contributed by atoms with E-state index in [4.69, 9.17) is 9.47 Å². The molecule has 2 fully saturated rings. The molecule has 0 saturated carbocycles. The minimum Gasteiger partial charge on any atom is -0.370 e. The third-order valence-corrected chi connectivity index (χ3v) is 7.25. The van der Waals surface area contributed by atoms with Gasteiger partial charge in [0.25, 0.3) is 0 Å². The lowest BCUT2D eigenvalue weighted by molar-refractivity contribution is -0.0956. The zero-order chi connectivity index (χ0) is 15.3. The lowest BCUT2D eigenvalue weighted by Gasteiger charge is -2.35. The van der Waals surface area contributed by atoms with E-state index >= 15 is 0 Å². The van der Waals surface area contributed by atoms with Crippen molar-refractivity contribution in [2.45, 2.75) is 62.4 Å².